The Hall–Kier alpha value is -2.05. The van der Waals surface area contributed by atoms with Gasteiger partial charge in [0, 0.05) is 35.7 Å². The quantitative estimate of drug-likeness (QED) is 0.522. The first kappa shape index (κ1) is 13.4. The highest BCUT2D eigenvalue weighted by atomic mass is 16.5. The average Bonchev–Trinajstić information content (AvgIpc) is 2.37. The molecule has 0 N–H and O–H groups in total. The summed E-state index contributed by atoms with van der Waals surface area (Å²) in [5.41, 5.74) is 0. The molecule has 2 bridgehead atoms. The van der Waals surface area contributed by atoms with E-state index in [9.17, 15) is 24.6 Å². The number of rotatable bonds is 2. The Balaban J connectivity index is 2.45. The number of hydrogen-bond donors (Lipinski definition) is 0. The summed E-state index contributed by atoms with van der Waals surface area (Å²) in [5, 5.41) is 22.4. The highest BCUT2D eigenvalue weighted by Crippen LogP contribution is 2.42. The Bertz CT molecular complexity index is 459. The molecule has 104 valence electrons. The maximum atomic E-state index is 11.7. The fourth-order valence-electron chi connectivity index (χ4n) is 3.10. The molecule has 3 aliphatic rings. The molecule has 1 fully saturated rings. The zero-order chi connectivity index (χ0) is 14.3. The van der Waals surface area contributed by atoms with Gasteiger partial charge in [-0.05, 0) is 6.92 Å². The Morgan fingerprint density at radius 3 is 2.16 bits per heavy atom. The van der Waals surface area contributed by atoms with E-state index in [0.29, 0.717) is 0 Å². The first-order valence-corrected chi connectivity index (χ1v) is 5.86. The van der Waals surface area contributed by atoms with Crippen molar-refractivity contribution in [2.75, 3.05) is 7.11 Å². The number of carbonyl (C=O) groups excluding carboxylic acids is 3. The molecule has 0 aromatic carbocycles. The Morgan fingerprint density at radius 1 is 1.11 bits per heavy atom. The lowest BCUT2D eigenvalue weighted by Gasteiger charge is -2.54. The van der Waals surface area contributed by atoms with Gasteiger partial charge >= 0.3 is 6.09 Å². The van der Waals surface area contributed by atoms with Gasteiger partial charge in [-0.2, -0.15) is 0 Å². The number of aliphatic carboxylic acids is 2. The van der Waals surface area contributed by atoms with E-state index in [-0.39, 0.29) is 0 Å². The van der Waals surface area contributed by atoms with Gasteiger partial charge in [0.25, 0.3) is 0 Å². The smallest absolute Gasteiger partial charge is 0.410 e. The fraction of sp³-hybridized carbons (Fsp3) is 0.583. The van der Waals surface area contributed by atoms with Crippen molar-refractivity contribution in [3.05, 3.63) is 12.2 Å². The lowest BCUT2D eigenvalue weighted by Crippen LogP contribution is -2.67. The maximum Gasteiger partial charge on any atom is 0.410 e. The van der Waals surface area contributed by atoms with E-state index in [4.69, 9.17) is 0 Å². The Morgan fingerprint density at radius 2 is 1.68 bits per heavy atom. The van der Waals surface area contributed by atoms with Crippen molar-refractivity contribution >= 4 is 18.0 Å². The third-order valence-electron chi connectivity index (χ3n) is 3.95. The summed E-state index contributed by atoms with van der Waals surface area (Å²) < 4.78 is 4.61. The molecule has 5 atom stereocenters. The number of piperidine rings is 1. The number of carboxylic acid groups (broad SMARTS) is 2. The van der Waals surface area contributed by atoms with Crippen LogP contribution in [0, 0.1) is 17.8 Å². The van der Waals surface area contributed by atoms with Crippen LogP contribution >= 0.6 is 0 Å². The molecule has 0 spiro atoms. The standard InChI is InChI=1S/C12H15NO6/c1-5-6-3-4-7(13(5)12(18)19-2)9(11(16)17)8(6)10(14)15/h3-9H,1-2H3,(H,14,15)(H,16,17)/p-2/t5-,6+,7+,8+,9+/m0/s1. The summed E-state index contributed by atoms with van der Waals surface area (Å²) >= 11 is 0. The van der Waals surface area contributed by atoms with E-state index in [1.807, 2.05) is 0 Å². The zero-order valence-electron chi connectivity index (χ0n) is 10.4. The van der Waals surface area contributed by atoms with Crippen LogP contribution in [-0.4, -0.2) is 42.1 Å². The predicted octanol–water partition coefficient (Wildman–Crippen LogP) is -2.26. The Kier molecular flexibility index (Phi) is 3.21. The van der Waals surface area contributed by atoms with Crippen molar-refractivity contribution in [2.45, 2.75) is 19.0 Å². The Labute approximate surface area is 109 Å². The zero-order valence-corrected chi connectivity index (χ0v) is 10.4. The lowest BCUT2D eigenvalue weighted by atomic mass is 9.66. The van der Waals surface area contributed by atoms with Gasteiger partial charge in [-0.1, -0.05) is 12.2 Å². The molecule has 2 heterocycles. The molecule has 3 rings (SSSR count). The summed E-state index contributed by atoms with van der Waals surface area (Å²) in [6.45, 7) is 1.65. The van der Waals surface area contributed by atoms with Crippen LogP contribution in [0.4, 0.5) is 4.79 Å². The normalized spacial score (nSPS) is 36.1. The van der Waals surface area contributed by atoms with Gasteiger partial charge in [-0.15, -0.1) is 0 Å². The topological polar surface area (TPSA) is 110 Å². The van der Waals surface area contributed by atoms with Gasteiger partial charge in [0.05, 0.1) is 13.2 Å². The second kappa shape index (κ2) is 4.56. The lowest BCUT2D eigenvalue weighted by molar-refractivity contribution is -0.332. The number of amides is 1. The van der Waals surface area contributed by atoms with Crippen molar-refractivity contribution in [3.8, 4) is 0 Å². The SMILES string of the molecule is COC(=O)N1[C@@H]2C=C[C@@H]([C@@H](C(=O)[O-])[C@@H]2C(=O)[O-])[C@@H]1C. The number of carboxylic acids is 2. The molecule has 1 amide bonds. The molecule has 19 heavy (non-hydrogen) atoms. The first-order chi connectivity index (χ1) is 8.90. The molecule has 0 radical (unpaired) electrons. The molecule has 7 nitrogen and oxygen atoms in total. The summed E-state index contributed by atoms with van der Waals surface area (Å²) in [4.78, 5) is 35.3. The molecule has 2 aliphatic heterocycles. The van der Waals surface area contributed by atoms with Crippen molar-refractivity contribution in [3.63, 3.8) is 0 Å². The minimum atomic E-state index is -1.51. The predicted molar refractivity (Wildman–Crippen MR) is 57.1 cm³/mol. The van der Waals surface area contributed by atoms with Gasteiger partial charge < -0.3 is 24.5 Å². The number of nitrogens with zero attached hydrogens (tertiary/aromatic N) is 1. The van der Waals surface area contributed by atoms with Crippen LogP contribution in [0.25, 0.3) is 0 Å². The van der Waals surface area contributed by atoms with E-state index >= 15 is 0 Å². The van der Waals surface area contributed by atoms with Crippen LogP contribution in [0.2, 0.25) is 0 Å². The van der Waals surface area contributed by atoms with E-state index in [0.717, 1.165) is 0 Å². The highest BCUT2D eigenvalue weighted by molar-refractivity contribution is 5.82. The van der Waals surface area contributed by atoms with Crippen LogP contribution in [0.1, 0.15) is 6.92 Å². The summed E-state index contributed by atoms with van der Waals surface area (Å²) in [7, 11) is 1.19. The second-order valence-electron chi connectivity index (χ2n) is 4.76. The molecule has 1 aliphatic carbocycles. The third-order valence-corrected chi connectivity index (χ3v) is 3.95. The maximum absolute atomic E-state index is 11.7. The fourth-order valence-corrected chi connectivity index (χ4v) is 3.10. The van der Waals surface area contributed by atoms with E-state index < -0.39 is 47.9 Å². The van der Waals surface area contributed by atoms with Gasteiger partial charge in [0.1, 0.15) is 0 Å². The molecular formula is C12H13NO6-2. The van der Waals surface area contributed by atoms with Crippen molar-refractivity contribution in [2.24, 2.45) is 17.8 Å². The number of fused-ring (bicyclic) bond motifs is 2. The molecular weight excluding hydrogens is 254 g/mol. The summed E-state index contributed by atoms with van der Waals surface area (Å²) in [6.07, 6.45) is 2.45. The molecule has 1 saturated heterocycles. The number of methoxy groups -OCH3 is 1. The van der Waals surface area contributed by atoms with Crippen molar-refractivity contribution in [1.82, 2.24) is 4.90 Å². The van der Waals surface area contributed by atoms with Crippen LogP contribution in [0.5, 0.6) is 0 Å². The van der Waals surface area contributed by atoms with Gasteiger partial charge in [0.2, 0.25) is 0 Å². The number of hydrogen-bond acceptors (Lipinski definition) is 6. The number of carbonyl (C=O) groups is 3. The summed E-state index contributed by atoms with van der Waals surface area (Å²) in [5.74, 6) is -6.09. The molecule has 0 unspecified atom stereocenters. The van der Waals surface area contributed by atoms with Gasteiger partial charge in [-0.25, -0.2) is 4.79 Å². The van der Waals surface area contributed by atoms with Gasteiger partial charge in [0.15, 0.2) is 0 Å². The second-order valence-corrected chi connectivity index (χ2v) is 4.76. The van der Waals surface area contributed by atoms with Crippen molar-refractivity contribution in [1.29, 1.82) is 0 Å². The molecule has 0 aromatic rings. The third kappa shape index (κ3) is 1.85. The highest BCUT2D eigenvalue weighted by Gasteiger charge is 2.51. The van der Waals surface area contributed by atoms with Crippen LogP contribution in [0.3, 0.4) is 0 Å². The minimum absolute atomic E-state index is 0.471. The first-order valence-electron chi connectivity index (χ1n) is 5.86. The van der Waals surface area contributed by atoms with E-state index in [1.54, 1.807) is 13.0 Å². The van der Waals surface area contributed by atoms with Crippen LogP contribution in [0.15, 0.2) is 12.2 Å². The largest absolute Gasteiger partial charge is 0.550 e. The van der Waals surface area contributed by atoms with E-state index in [1.165, 1.54) is 18.1 Å². The molecule has 7 heteroatoms. The minimum Gasteiger partial charge on any atom is -0.550 e. The van der Waals surface area contributed by atoms with Crippen LogP contribution < -0.4 is 10.2 Å². The molecule has 0 saturated carbocycles. The summed E-state index contributed by atoms with van der Waals surface area (Å²) in [6, 6.07) is -1.36. The monoisotopic (exact) mass is 267 g/mol. The van der Waals surface area contributed by atoms with Gasteiger partial charge in [-0.3, -0.25) is 4.90 Å². The van der Waals surface area contributed by atoms with E-state index in [2.05, 4.69) is 4.74 Å². The molecule has 0 aromatic heterocycles. The van der Waals surface area contributed by atoms with Crippen molar-refractivity contribution < 1.29 is 29.3 Å². The average molecular weight is 267 g/mol. The number of ether oxygens (including phenoxy) is 1. The van der Waals surface area contributed by atoms with Crippen LogP contribution in [-0.2, 0) is 14.3 Å².